The molecule has 2 fully saturated rings. The maximum Gasteiger partial charge on any atom is 0.414 e. The van der Waals surface area contributed by atoms with Crippen molar-refractivity contribution < 1.29 is 33.8 Å². The minimum atomic E-state index is -1.04. The Balaban J connectivity index is 1.29. The van der Waals surface area contributed by atoms with Gasteiger partial charge in [0, 0.05) is 5.69 Å². The molecular formula is C21H18N2O7S. The Morgan fingerprint density at radius 2 is 1.84 bits per heavy atom. The summed E-state index contributed by atoms with van der Waals surface area (Å²) in [5.74, 6) is -0.726. The van der Waals surface area contributed by atoms with Gasteiger partial charge >= 0.3 is 12.1 Å². The monoisotopic (exact) mass is 442 g/mol. The SMILES string of the molecule is O=C1NC(=O)C(Cc2ccc(OCC3CN(c4ccc(C(=O)O)cc4)C(=O)O3)cc2)S1. The van der Waals surface area contributed by atoms with Gasteiger partial charge in [0.05, 0.1) is 17.4 Å². The number of rotatable bonds is 7. The van der Waals surface area contributed by atoms with Gasteiger partial charge in [-0.2, -0.15) is 0 Å². The summed E-state index contributed by atoms with van der Waals surface area (Å²) in [5.41, 5.74) is 1.59. The van der Waals surface area contributed by atoms with Gasteiger partial charge in [-0.3, -0.25) is 19.8 Å². The van der Waals surface area contributed by atoms with Crippen molar-refractivity contribution in [3.63, 3.8) is 0 Å². The number of aromatic carboxylic acids is 1. The number of hydrogen-bond acceptors (Lipinski definition) is 7. The molecule has 0 aromatic heterocycles. The molecule has 2 aromatic rings. The molecule has 2 unspecified atom stereocenters. The van der Waals surface area contributed by atoms with Crippen LogP contribution < -0.4 is 15.0 Å². The lowest BCUT2D eigenvalue weighted by Crippen LogP contribution is -2.26. The number of cyclic esters (lactones) is 1. The van der Waals surface area contributed by atoms with Crippen LogP contribution in [0.5, 0.6) is 5.75 Å². The predicted molar refractivity (Wildman–Crippen MR) is 112 cm³/mol. The molecule has 10 heteroatoms. The Bertz CT molecular complexity index is 1020. The van der Waals surface area contributed by atoms with E-state index < -0.39 is 23.4 Å². The number of hydrogen-bond donors (Lipinski definition) is 2. The number of carboxylic acid groups (broad SMARTS) is 1. The molecule has 0 saturated carbocycles. The summed E-state index contributed by atoms with van der Waals surface area (Å²) in [6.07, 6.45) is -0.553. The molecule has 9 nitrogen and oxygen atoms in total. The second-order valence-corrected chi connectivity index (χ2v) is 8.19. The first kappa shape index (κ1) is 20.7. The van der Waals surface area contributed by atoms with Crippen LogP contribution in [0.25, 0.3) is 0 Å². The lowest BCUT2D eigenvalue weighted by atomic mass is 10.1. The van der Waals surface area contributed by atoms with Crippen LogP contribution in [0, 0.1) is 0 Å². The van der Waals surface area contributed by atoms with Gasteiger partial charge in [-0.1, -0.05) is 23.9 Å². The van der Waals surface area contributed by atoms with E-state index in [2.05, 4.69) is 5.32 Å². The highest BCUT2D eigenvalue weighted by Crippen LogP contribution is 2.25. The predicted octanol–water partition coefficient (Wildman–Crippen LogP) is 2.68. The first-order valence-electron chi connectivity index (χ1n) is 9.44. The summed E-state index contributed by atoms with van der Waals surface area (Å²) in [5, 5.41) is 10.5. The normalized spacial score (nSPS) is 20.5. The second kappa shape index (κ2) is 8.68. The fraction of sp³-hybridized carbons (Fsp3) is 0.238. The van der Waals surface area contributed by atoms with Crippen LogP contribution in [-0.2, 0) is 16.0 Å². The number of nitrogens with one attached hydrogen (secondary N) is 1. The van der Waals surface area contributed by atoms with Crippen LogP contribution in [0.4, 0.5) is 15.3 Å². The van der Waals surface area contributed by atoms with Gasteiger partial charge in [0.25, 0.3) is 5.24 Å². The van der Waals surface area contributed by atoms with Crippen molar-refractivity contribution in [3.8, 4) is 5.75 Å². The van der Waals surface area contributed by atoms with Crippen molar-refractivity contribution in [2.45, 2.75) is 17.8 Å². The summed E-state index contributed by atoms with van der Waals surface area (Å²) in [6, 6.07) is 13.1. The quantitative estimate of drug-likeness (QED) is 0.671. The van der Waals surface area contributed by atoms with Crippen molar-refractivity contribution in [2.24, 2.45) is 0 Å². The Kier molecular flexibility index (Phi) is 5.81. The Labute approximate surface area is 181 Å². The van der Waals surface area contributed by atoms with E-state index in [4.69, 9.17) is 14.6 Å². The van der Waals surface area contributed by atoms with E-state index in [0.29, 0.717) is 17.9 Å². The van der Waals surface area contributed by atoms with Crippen molar-refractivity contribution in [2.75, 3.05) is 18.1 Å². The summed E-state index contributed by atoms with van der Waals surface area (Å²) < 4.78 is 11.0. The summed E-state index contributed by atoms with van der Waals surface area (Å²) in [7, 11) is 0. The summed E-state index contributed by atoms with van der Waals surface area (Å²) >= 11 is 0.987. The molecule has 0 aliphatic carbocycles. The third-order valence-corrected chi connectivity index (χ3v) is 5.83. The largest absolute Gasteiger partial charge is 0.490 e. The topological polar surface area (TPSA) is 122 Å². The summed E-state index contributed by atoms with van der Waals surface area (Å²) in [6.45, 7) is 0.440. The van der Waals surface area contributed by atoms with Crippen LogP contribution in [0.1, 0.15) is 15.9 Å². The highest BCUT2D eigenvalue weighted by Gasteiger charge is 2.33. The molecule has 2 atom stereocenters. The molecular weight excluding hydrogens is 424 g/mol. The number of carbonyl (C=O) groups is 4. The molecule has 160 valence electrons. The molecule has 31 heavy (non-hydrogen) atoms. The first-order valence-corrected chi connectivity index (χ1v) is 10.3. The molecule has 2 aliphatic heterocycles. The lowest BCUT2D eigenvalue weighted by Gasteiger charge is -2.13. The maximum atomic E-state index is 12.1. The summed E-state index contributed by atoms with van der Waals surface area (Å²) in [4.78, 5) is 47.4. The van der Waals surface area contributed by atoms with Crippen LogP contribution in [-0.4, -0.2) is 52.8 Å². The minimum Gasteiger partial charge on any atom is -0.490 e. The van der Waals surface area contributed by atoms with Crippen molar-refractivity contribution in [1.82, 2.24) is 5.32 Å². The van der Waals surface area contributed by atoms with E-state index in [1.165, 1.54) is 17.0 Å². The minimum absolute atomic E-state index is 0.137. The molecule has 0 spiro atoms. The first-order chi connectivity index (χ1) is 14.9. The van der Waals surface area contributed by atoms with Crippen LogP contribution in [0.3, 0.4) is 0 Å². The molecule has 2 N–H and O–H groups in total. The van der Waals surface area contributed by atoms with Gasteiger partial charge in [-0.15, -0.1) is 0 Å². The number of nitrogens with zero attached hydrogens (tertiary/aromatic N) is 1. The van der Waals surface area contributed by atoms with E-state index in [0.717, 1.165) is 17.3 Å². The highest BCUT2D eigenvalue weighted by atomic mass is 32.2. The number of ether oxygens (including phenoxy) is 2. The zero-order chi connectivity index (χ0) is 22.0. The van der Waals surface area contributed by atoms with E-state index in [-0.39, 0.29) is 29.9 Å². The highest BCUT2D eigenvalue weighted by molar-refractivity contribution is 8.15. The Morgan fingerprint density at radius 1 is 1.13 bits per heavy atom. The number of carboxylic acids is 1. The zero-order valence-corrected chi connectivity index (χ0v) is 17.0. The Morgan fingerprint density at radius 3 is 2.45 bits per heavy atom. The van der Waals surface area contributed by atoms with E-state index >= 15 is 0 Å². The van der Waals surface area contributed by atoms with Gasteiger partial charge in [-0.05, 0) is 48.4 Å². The van der Waals surface area contributed by atoms with Gasteiger partial charge in [-0.25, -0.2) is 9.59 Å². The second-order valence-electron chi connectivity index (χ2n) is 7.01. The average molecular weight is 442 g/mol. The van der Waals surface area contributed by atoms with E-state index in [1.807, 2.05) is 12.1 Å². The molecule has 3 amide bonds. The van der Waals surface area contributed by atoms with Crippen molar-refractivity contribution in [1.29, 1.82) is 0 Å². The van der Waals surface area contributed by atoms with E-state index in [1.54, 1.807) is 24.3 Å². The number of benzene rings is 2. The molecule has 2 saturated heterocycles. The zero-order valence-electron chi connectivity index (χ0n) is 16.1. The fourth-order valence-electron chi connectivity index (χ4n) is 3.26. The van der Waals surface area contributed by atoms with Crippen molar-refractivity contribution in [3.05, 3.63) is 59.7 Å². The number of carbonyl (C=O) groups excluding carboxylic acids is 3. The van der Waals surface area contributed by atoms with Crippen LogP contribution in [0.15, 0.2) is 48.5 Å². The molecule has 2 heterocycles. The smallest absolute Gasteiger partial charge is 0.414 e. The lowest BCUT2D eigenvalue weighted by molar-refractivity contribution is -0.118. The van der Waals surface area contributed by atoms with Crippen LogP contribution >= 0.6 is 11.8 Å². The molecule has 2 aromatic carbocycles. The van der Waals surface area contributed by atoms with Crippen LogP contribution in [0.2, 0.25) is 0 Å². The van der Waals surface area contributed by atoms with Gasteiger partial charge in [0.2, 0.25) is 5.91 Å². The Hall–Kier alpha value is -3.53. The third kappa shape index (κ3) is 4.80. The van der Waals surface area contributed by atoms with Crippen molar-refractivity contribution >= 4 is 40.7 Å². The standard InChI is InChI=1S/C21H18N2O7S/c24-18-17(31-20(27)22-18)9-12-1-7-15(8-2-12)29-11-16-10-23(21(28)30-16)14-5-3-13(4-6-14)19(25)26/h1-8,16-17H,9-11H2,(H,25,26)(H,22,24,27). The average Bonchev–Trinajstić information content (AvgIpc) is 3.28. The molecule has 2 aliphatic rings. The number of imide groups is 1. The fourth-order valence-corrected chi connectivity index (χ4v) is 4.12. The maximum absolute atomic E-state index is 12.1. The molecule has 4 rings (SSSR count). The number of amides is 3. The van der Waals surface area contributed by atoms with Gasteiger partial charge < -0.3 is 14.6 Å². The molecule has 0 bridgehead atoms. The van der Waals surface area contributed by atoms with Gasteiger partial charge in [0.1, 0.15) is 12.4 Å². The van der Waals surface area contributed by atoms with E-state index in [9.17, 15) is 19.2 Å². The number of thioether (sulfide) groups is 1. The molecule has 0 radical (unpaired) electrons. The van der Waals surface area contributed by atoms with Gasteiger partial charge in [0.15, 0.2) is 6.10 Å². The third-order valence-electron chi connectivity index (χ3n) is 4.85. The number of anilines is 1.